The van der Waals surface area contributed by atoms with Crippen LogP contribution in [0.15, 0.2) is 30.3 Å². The third-order valence-corrected chi connectivity index (χ3v) is 3.33. The molecule has 5 nitrogen and oxygen atoms in total. The van der Waals surface area contributed by atoms with Gasteiger partial charge in [0.1, 0.15) is 9.84 Å². The Morgan fingerprint density at radius 3 is 2.44 bits per heavy atom. The van der Waals surface area contributed by atoms with Crippen LogP contribution in [0.2, 0.25) is 0 Å². The van der Waals surface area contributed by atoms with Gasteiger partial charge in [-0.2, -0.15) is 0 Å². The van der Waals surface area contributed by atoms with E-state index in [0.717, 1.165) is 5.69 Å². The molecular formula is C12H18N2O3S. The smallest absolute Gasteiger partial charge is 0.238 e. The van der Waals surface area contributed by atoms with Crippen molar-refractivity contribution in [2.24, 2.45) is 0 Å². The zero-order chi connectivity index (χ0) is 13.6. The molecular weight excluding hydrogens is 252 g/mol. The number of hydrogen-bond acceptors (Lipinski definition) is 4. The SMILES string of the molecule is CC(CS(C)(=O)=O)NCC(=O)Nc1ccccc1. The summed E-state index contributed by atoms with van der Waals surface area (Å²) in [4.78, 5) is 11.6. The van der Waals surface area contributed by atoms with E-state index in [-0.39, 0.29) is 24.2 Å². The standard InChI is InChI=1S/C12H18N2O3S/c1-10(9-18(2,16)17)13-8-12(15)14-11-6-4-3-5-7-11/h3-7,10,13H,8-9H2,1-2H3,(H,14,15). The average Bonchev–Trinajstić information content (AvgIpc) is 2.25. The maximum Gasteiger partial charge on any atom is 0.238 e. The molecule has 0 bridgehead atoms. The number of benzene rings is 1. The zero-order valence-electron chi connectivity index (χ0n) is 10.5. The molecule has 0 aliphatic heterocycles. The normalized spacial score (nSPS) is 13.0. The third-order valence-electron chi connectivity index (χ3n) is 2.22. The van der Waals surface area contributed by atoms with Gasteiger partial charge in [0.25, 0.3) is 0 Å². The molecule has 0 aliphatic carbocycles. The van der Waals surface area contributed by atoms with Crippen molar-refractivity contribution in [3.8, 4) is 0 Å². The number of para-hydroxylation sites is 1. The summed E-state index contributed by atoms with van der Waals surface area (Å²) >= 11 is 0. The Kier molecular flexibility index (Phi) is 5.30. The Hall–Kier alpha value is -1.40. The highest BCUT2D eigenvalue weighted by Crippen LogP contribution is 2.04. The fraction of sp³-hybridized carbons (Fsp3) is 0.417. The number of rotatable bonds is 6. The molecule has 6 heteroatoms. The van der Waals surface area contributed by atoms with E-state index in [1.165, 1.54) is 6.26 Å². The lowest BCUT2D eigenvalue weighted by Gasteiger charge is -2.12. The molecule has 0 saturated heterocycles. The Labute approximate surface area is 108 Å². The summed E-state index contributed by atoms with van der Waals surface area (Å²) in [5.41, 5.74) is 0.722. The molecule has 0 aliphatic rings. The van der Waals surface area contributed by atoms with Crippen LogP contribution in [0.25, 0.3) is 0 Å². The van der Waals surface area contributed by atoms with E-state index >= 15 is 0 Å². The van der Waals surface area contributed by atoms with Crippen LogP contribution < -0.4 is 10.6 Å². The Morgan fingerprint density at radius 1 is 1.28 bits per heavy atom. The predicted molar refractivity (Wildman–Crippen MR) is 72.2 cm³/mol. The fourth-order valence-electron chi connectivity index (χ4n) is 1.51. The van der Waals surface area contributed by atoms with Gasteiger partial charge >= 0.3 is 0 Å². The van der Waals surface area contributed by atoms with Crippen molar-refractivity contribution in [1.82, 2.24) is 5.32 Å². The molecule has 0 spiro atoms. The van der Waals surface area contributed by atoms with Gasteiger partial charge in [0.15, 0.2) is 0 Å². The number of carbonyl (C=O) groups excluding carboxylic acids is 1. The van der Waals surface area contributed by atoms with Gasteiger partial charge in [0.2, 0.25) is 5.91 Å². The molecule has 0 radical (unpaired) electrons. The lowest BCUT2D eigenvalue weighted by atomic mass is 10.3. The van der Waals surface area contributed by atoms with Crippen molar-refractivity contribution in [3.63, 3.8) is 0 Å². The summed E-state index contributed by atoms with van der Waals surface area (Å²) in [6.45, 7) is 1.82. The van der Waals surface area contributed by atoms with Gasteiger partial charge in [-0.1, -0.05) is 18.2 Å². The van der Waals surface area contributed by atoms with E-state index in [4.69, 9.17) is 0 Å². The minimum absolute atomic E-state index is 0.0195. The van der Waals surface area contributed by atoms with Gasteiger partial charge in [-0.3, -0.25) is 4.79 Å². The second-order valence-corrected chi connectivity index (χ2v) is 6.47. The number of carbonyl (C=O) groups is 1. The minimum atomic E-state index is -3.02. The summed E-state index contributed by atoms with van der Waals surface area (Å²) < 4.78 is 22.1. The van der Waals surface area contributed by atoms with Crippen LogP contribution in [0.1, 0.15) is 6.92 Å². The van der Waals surface area contributed by atoms with Crippen LogP contribution in [0.3, 0.4) is 0 Å². The maximum atomic E-state index is 11.6. The first-order valence-corrected chi connectivity index (χ1v) is 7.69. The molecule has 0 fully saturated rings. The van der Waals surface area contributed by atoms with E-state index in [2.05, 4.69) is 10.6 Å². The van der Waals surface area contributed by atoms with Crippen molar-refractivity contribution in [3.05, 3.63) is 30.3 Å². The highest BCUT2D eigenvalue weighted by molar-refractivity contribution is 7.90. The van der Waals surface area contributed by atoms with Gasteiger partial charge in [-0.25, -0.2) is 8.42 Å². The summed E-state index contributed by atoms with van der Waals surface area (Å²) in [7, 11) is -3.02. The molecule has 18 heavy (non-hydrogen) atoms. The van der Waals surface area contributed by atoms with E-state index in [1.807, 2.05) is 18.2 Å². The first-order valence-electron chi connectivity index (χ1n) is 5.63. The van der Waals surface area contributed by atoms with Gasteiger partial charge in [0.05, 0.1) is 12.3 Å². The third kappa shape index (κ3) is 6.36. The number of nitrogens with one attached hydrogen (secondary N) is 2. The van der Waals surface area contributed by atoms with Crippen LogP contribution in [0, 0.1) is 0 Å². The van der Waals surface area contributed by atoms with Gasteiger partial charge in [0, 0.05) is 18.0 Å². The molecule has 1 aromatic rings. The van der Waals surface area contributed by atoms with Crippen molar-refractivity contribution < 1.29 is 13.2 Å². The molecule has 1 aromatic carbocycles. The lowest BCUT2D eigenvalue weighted by molar-refractivity contribution is -0.115. The monoisotopic (exact) mass is 270 g/mol. The molecule has 1 unspecified atom stereocenters. The van der Waals surface area contributed by atoms with Crippen LogP contribution in [-0.2, 0) is 14.6 Å². The highest BCUT2D eigenvalue weighted by atomic mass is 32.2. The summed E-state index contributed by atoms with van der Waals surface area (Å²) in [6.07, 6.45) is 1.18. The largest absolute Gasteiger partial charge is 0.325 e. The average molecular weight is 270 g/mol. The van der Waals surface area contributed by atoms with Crippen LogP contribution in [0.5, 0.6) is 0 Å². The van der Waals surface area contributed by atoms with Gasteiger partial charge in [-0.05, 0) is 19.1 Å². The molecule has 100 valence electrons. The molecule has 1 rings (SSSR count). The van der Waals surface area contributed by atoms with Crippen molar-refractivity contribution in [1.29, 1.82) is 0 Å². The quantitative estimate of drug-likeness (QED) is 0.796. The Bertz CT molecular complexity index is 485. The van der Waals surface area contributed by atoms with Crippen LogP contribution in [0.4, 0.5) is 5.69 Å². The predicted octanol–water partition coefficient (Wildman–Crippen LogP) is 0.648. The maximum absolute atomic E-state index is 11.6. The summed E-state index contributed by atoms with van der Waals surface area (Å²) in [5.74, 6) is -0.174. The van der Waals surface area contributed by atoms with E-state index < -0.39 is 9.84 Å². The van der Waals surface area contributed by atoms with E-state index in [0.29, 0.717) is 0 Å². The second kappa shape index (κ2) is 6.51. The molecule has 1 amide bonds. The molecule has 0 heterocycles. The number of sulfone groups is 1. The Morgan fingerprint density at radius 2 is 1.89 bits per heavy atom. The number of amides is 1. The fourth-order valence-corrected chi connectivity index (χ4v) is 2.53. The zero-order valence-corrected chi connectivity index (χ0v) is 11.3. The first-order chi connectivity index (χ1) is 8.37. The Balaban J connectivity index is 2.34. The van der Waals surface area contributed by atoms with E-state index in [1.54, 1.807) is 19.1 Å². The van der Waals surface area contributed by atoms with Crippen molar-refractivity contribution in [2.75, 3.05) is 23.9 Å². The van der Waals surface area contributed by atoms with Crippen LogP contribution >= 0.6 is 0 Å². The number of anilines is 1. The summed E-state index contributed by atoms with van der Waals surface area (Å²) in [6, 6.07) is 8.85. The van der Waals surface area contributed by atoms with E-state index in [9.17, 15) is 13.2 Å². The minimum Gasteiger partial charge on any atom is -0.325 e. The van der Waals surface area contributed by atoms with Crippen molar-refractivity contribution in [2.45, 2.75) is 13.0 Å². The van der Waals surface area contributed by atoms with Gasteiger partial charge < -0.3 is 10.6 Å². The molecule has 2 N–H and O–H groups in total. The molecule has 0 saturated carbocycles. The van der Waals surface area contributed by atoms with Gasteiger partial charge in [-0.15, -0.1) is 0 Å². The second-order valence-electron chi connectivity index (χ2n) is 4.29. The lowest BCUT2D eigenvalue weighted by Crippen LogP contribution is -2.38. The first kappa shape index (κ1) is 14.7. The van der Waals surface area contributed by atoms with Crippen LogP contribution in [-0.4, -0.2) is 38.9 Å². The highest BCUT2D eigenvalue weighted by Gasteiger charge is 2.11. The topological polar surface area (TPSA) is 75.3 Å². The molecule has 0 aromatic heterocycles. The number of hydrogen-bond donors (Lipinski definition) is 2. The molecule has 1 atom stereocenters. The summed E-state index contributed by atoms with van der Waals surface area (Å²) in [5, 5.41) is 5.58. The van der Waals surface area contributed by atoms with Crippen molar-refractivity contribution >= 4 is 21.4 Å².